The SMILES string of the molecule is CCC(CC)C(=O)N1CCC(NC(=NC)NCCS(=O)c2ccccc2)CC1.I. The molecule has 0 bridgehead atoms. The fourth-order valence-electron chi connectivity index (χ4n) is 3.48. The Balaban J connectivity index is 0.00000420. The molecule has 0 spiro atoms. The van der Waals surface area contributed by atoms with Crippen molar-refractivity contribution in [2.24, 2.45) is 10.9 Å². The first-order chi connectivity index (χ1) is 13.6. The fraction of sp³-hybridized carbons (Fsp3) is 0.619. The first-order valence-electron chi connectivity index (χ1n) is 10.3. The van der Waals surface area contributed by atoms with Crippen LogP contribution in [-0.2, 0) is 15.6 Å². The van der Waals surface area contributed by atoms with E-state index in [4.69, 9.17) is 0 Å². The van der Waals surface area contributed by atoms with Gasteiger partial charge in [0.05, 0.1) is 10.8 Å². The predicted molar refractivity (Wildman–Crippen MR) is 131 cm³/mol. The molecule has 8 heteroatoms. The van der Waals surface area contributed by atoms with Crippen LogP contribution in [0.25, 0.3) is 0 Å². The topological polar surface area (TPSA) is 73.8 Å². The zero-order valence-corrected chi connectivity index (χ0v) is 20.9. The average molecular weight is 535 g/mol. The molecular formula is C21H35IN4O2S. The lowest BCUT2D eigenvalue weighted by Gasteiger charge is -2.34. The maximum Gasteiger partial charge on any atom is 0.225 e. The van der Waals surface area contributed by atoms with Crippen molar-refractivity contribution >= 4 is 46.6 Å². The minimum Gasteiger partial charge on any atom is -0.355 e. The lowest BCUT2D eigenvalue weighted by atomic mass is 9.98. The molecule has 0 aliphatic carbocycles. The van der Waals surface area contributed by atoms with Gasteiger partial charge >= 0.3 is 0 Å². The highest BCUT2D eigenvalue weighted by Gasteiger charge is 2.26. The third-order valence-corrected chi connectivity index (χ3v) is 6.66. The second kappa shape index (κ2) is 14.0. The average Bonchev–Trinajstić information content (AvgIpc) is 2.74. The Morgan fingerprint density at radius 2 is 1.83 bits per heavy atom. The molecule has 1 aromatic rings. The first kappa shape index (κ1) is 25.9. The second-order valence-corrected chi connectivity index (χ2v) is 8.69. The van der Waals surface area contributed by atoms with Crippen LogP contribution in [0.15, 0.2) is 40.2 Å². The fourth-order valence-corrected chi connectivity index (χ4v) is 4.46. The number of aliphatic imine (C=N–C) groups is 1. The summed E-state index contributed by atoms with van der Waals surface area (Å²) < 4.78 is 12.3. The summed E-state index contributed by atoms with van der Waals surface area (Å²) in [4.78, 5) is 19.6. The van der Waals surface area contributed by atoms with Crippen molar-refractivity contribution in [2.75, 3.05) is 32.4 Å². The van der Waals surface area contributed by atoms with Crippen molar-refractivity contribution in [2.45, 2.75) is 50.5 Å². The van der Waals surface area contributed by atoms with Crippen molar-refractivity contribution in [1.82, 2.24) is 15.5 Å². The molecule has 0 saturated carbocycles. The van der Waals surface area contributed by atoms with Gasteiger partial charge in [-0.05, 0) is 37.8 Å². The van der Waals surface area contributed by atoms with Crippen molar-refractivity contribution < 1.29 is 9.00 Å². The molecule has 1 aliphatic heterocycles. The van der Waals surface area contributed by atoms with E-state index in [1.165, 1.54) is 0 Å². The standard InChI is InChI=1S/C21H34N4O2S.HI/c1-4-17(5-2)20(26)25-14-11-18(12-15-25)24-21(22-3)23-13-16-28(27)19-9-7-6-8-10-19;/h6-10,17-18H,4-5,11-16H2,1-3H3,(H2,22,23,24);1H. The van der Waals surface area contributed by atoms with Gasteiger partial charge in [0.15, 0.2) is 5.96 Å². The van der Waals surface area contributed by atoms with Crippen LogP contribution < -0.4 is 10.6 Å². The van der Waals surface area contributed by atoms with Gasteiger partial charge in [-0.25, -0.2) is 0 Å². The van der Waals surface area contributed by atoms with Gasteiger partial charge in [-0.3, -0.25) is 14.0 Å². The Morgan fingerprint density at radius 3 is 2.38 bits per heavy atom. The van der Waals surface area contributed by atoms with Crippen molar-refractivity contribution in [3.63, 3.8) is 0 Å². The van der Waals surface area contributed by atoms with E-state index in [-0.39, 0.29) is 29.9 Å². The van der Waals surface area contributed by atoms with Crippen LogP contribution in [-0.4, -0.2) is 59.5 Å². The molecule has 1 fully saturated rings. The van der Waals surface area contributed by atoms with Gasteiger partial charge in [0.2, 0.25) is 5.91 Å². The normalized spacial score (nSPS) is 16.3. The minimum atomic E-state index is -1.01. The van der Waals surface area contributed by atoms with E-state index in [1.807, 2.05) is 35.2 Å². The Hall–Kier alpha value is -1.16. The number of rotatable bonds is 8. The van der Waals surface area contributed by atoms with Crippen LogP contribution in [0, 0.1) is 5.92 Å². The predicted octanol–water partition coefficient (Wildman–Crippen LogP) is 3.00. The highest BCUT2D eigenvalue weighted by molar-refractivity contribution is 14.0. The van der Waals surface area contributed by atoms with Gasteiger partial charge in [-0.15, -0.1) is 24.0 Å². The summed E-state index contributed by atoms with van der Waals surface area (Å²) in [7, 11) is 0.731. The minimum absolute atomic E-state index is 0. The van der Waals surface area contributed by atoms with Gasteiger partial charge in [-0.1, -0.05) is 32.0 Å². The highest BCUT2D eigenvalue weighted by Crippen LogP contribution is 2.17. The van der Waals surface area contributed by atoms with Crippen LogP contribution in [0.4, 0.5) is 0 Å². The van der Waals surface area contributed by atoms with Gasteiger partial charge < -0.3 is 15.5 Å². The molecule has 0 radical (unpaired) electrons. The summed E-state index contributed by atoms with van der Waals surface area (Å²) in [6, 6.07) is 9.81. The quantitative estimate of drug-likeness (QED) is 0.306. The maximum absolute atomic E-state index is 12.5. The molecule has 164 valence electrons. The van der Waals surface area contributed by atoms with Crippen molar-refractivity contribution in [1.29, 1.82) is 0 Å². The number of benzene rings is 1. The monoisotopic (exact) mass is 534 g/mol. The summed E-state index contributed by atoms with van der Waals surface area (Å²) in [5.74, 6) is 1.72. The molecular weight excluding hydrogens is 499 g/mol. The van der Waals surface area contributed by atoms with Crippen LogP contribution >= 0.6 is 24.0 Å². The van der Waals surface area contributed by atoms with E-state index < -0.39 is 10.8 Å². The molecule has 1 saturated heterocycles. The van der Waals surface area contributed by atoms with Crippen LogP contribution in [0.2, 0.25) is 0 Å². The Labute approximate surface area is 194 Å². The van der Waals surface area contributed by atoms with Crippen molar-refractivity contribution in [3.05, 3.63) is 30.3 Å². The molecule has 1 heterocycles. The molecule has 2 rings (SSSR count). The number of nitrogens with one attached hydrogen (secondary N) is 2. The lowest BCUT2D eigenvalue weighted by molar-refractivity contribution is -0.136. The molecule has 29 heavy (non-hydrogen) atoms. The molecule has 1 atom stereocenters. The summed E-state index contributed by atoms with van der Waals surface area (Å²) in [6.07, 6.45) is 3.66. The van der Waals surface area contributed by atoms with E-state index in [1.54, 1.807) is 7.05 Å². The lowest BCUT2D eigenvalue weighted by Crippen LogP contribution is -2.51. The summed E-state index contributed by atoms with van der Waals surface area (Å²) >= 11 is 0. The van der Waals surface area contributed by atoms with Gasteiger partial charge in [0.1, 0.15) is 0 Å². The van der Waals surface area contributed by atoms with Crippen LogP contribution in [0.5, 0.6) is 0 Å². The first-order valence-corrected chi connectivity index (χ1v) is 11.6. The number of guanidine groups is 1. The van der Waals surface area contributed by atoms with Gasteiger partial charge in [0.25, 0.3) is 0 Å². The number of carbonyl (C=O) groups is 1. The Bertz CT molecular complexity index is 660. The second-order valence-electron chi connectivity index (χ2n) is 7.12. The van der Waals surface area contributed by atoms with Crippen molar-refractivity contribution in [3.8, 4) is 0 Å². The van der Waals surface area contributed by atoms with E-state index in [0.29, 0.717) is 24.2 Å². The van der Waals surface area contributed by atoms with Crippen LogP contribution in [0.3, 0.4) is 0 Å². The van der Waals surface area contributed by atoms with Gasteiger partial charge in [0, 0.05) is 49.3 Å². The maximum atomic E-state index is 12.5. The summed E-state index contributed by atoms with van der Waals surface area (Å²) in [5.41, 5.74) is 0. The molecule has 2 N–H and O–H groups in total. The number of carbonyl (C=O) groups excluding carboxylic acids is 1. The number of nitrogens with zero attached hydrogens (tertiary/aromatic N) is 2. The Kier molecular flexibility index (Phi) is 12.4. The number of likely N-dealkylation sites (tertiary alicyclic amines) is 1. The zero-order valence-electron chi connectivity index (χ0n) is 17.7. The van der Waals surface area contributed by atoms with E-state index >= 15 is 0 Å². The van der Waals surface area contributed by atoms with E-state index in [9.17, 15) is 9.00 Å². The number of hydrogen-bond acceptors (Lipinski definition) is 3. The van der Waals surface area contributed by atoms with E-state index in [2.05, 4.69) is 29.5 Å². The molecule has 1 unspecified atom stereocenters. The summed E-state index contributed by atoms with van der Waals surface area (Å²) in [5, 5.41) is 6.69. The molecule has 1 aromatic carbocycles. The Morgan fingerprint density at radius 1 is 1.21 bits per heavy atom. The number of piperidine rings is 1. The molecule has 1 amide bonds. The third kappa shape index (κ3) is 8.24. The smallest absolute Gasteiger partial charge is 0.225 e. The number of halogens is 1. The molecule has 6 nitrogen and oxygen atoms in total. The zero-order chi connectivity index (χ0) is 20.4. The summed E-state index contributed by atoms with van der Waals surface area (Å²) in [6.45, 7) is 6.35. The van der Waals surface area contributed by atoms with Crippen LogP contribution in [0.1, 0.15) is 39.5 Å². The molecule has 1 aliphatic rings. The largest absolute Gasteiger partial charge is 0.355 e. The third-order valence-electron chi connectivity index (χ3n) is 5.29. The van der Waals surface area contributed by atoms with Gasteiger partial charge in [-0.2, -0.15) is 0 Å². The van der Waals surface area contributed by atoms with E-state index in [0.717, 1.165) is 49.6 Å². The molecule has 0 aromatic heterocycles. The highest BCUT2D eigenvalue weighted by atomic mass is 127. The number of amides is 1. The number of hydrogen-bond donors (Lipinski definition) is 2.